The Hall–Kier alpha value is -1.06. The molecule has 1 saturated heterocycles. The summed E-state index contributed by atoms with van der Waals surface area (Å²) in [6.07, 6.45) is 7.39. The molecule has 0 bridgehead atoms. The van der Waals surface area contributed by atoms with E-state index in [1.165, 1.54) is 37.2 Å². The van der Waals surface area contributed by atoms with E-state index in [0.717, 1.165) is 18.1 Å². The Morgan fingerprint density at radius 3 is 3.06 bits per heavy atom. The Kier molecular flexibility index (Phi) is 4.25. The van der Waals surface area contributed by atoms with Crippen LogP contribution in [0.2, 0.25) is 0 Å². The van der Waals surface area contributed by atoms with Gasteiger partial charge in [-0.3, -0.25) is 0 Å². The van der Waals surface area contributed by atoms with Gasteiger partial charge in [0.1, 0.15) is 5.65 Å². The first-order valence-electron chi connectivity index (χ1n) is 6.60. The number of pyridine rings is 1. The van der Waals surface area contributed by atoms with Gasteiger partial charge in [0, 0.05) is 12.6 Å². The first-order valence-corrected chi connectivity index (χ1v) is 6.60. The summed E-state index contributed by atoms with van der Waals surface area (Å²) in [5.41, 5.74) is 3.66. The van der Waals surface area contributed by atoms with Gasteiger partial charge in [0.05, 0.1) is 24.0 Å². The van der Waals surface area contributed by atoms with Crippen LogP contribution >= 0.6 is 0 Å². The van der Waals surface area contributed by atoms with Crippen molar-refractivity contribution in [3.63, 3.8) is 0 Å². The fourth-order valence-corrected chi connectivity index (χ4v) is 2.87. The molecular formula is C14H20ClN3. The van der Waals surface area contributed by atoms with E-state index in [-0.39, 0.29) is 12.4 Å². The van der Waals surface area contributed by atoms with Gasteiger partial charge in [0.25, 0.3) is 0 Å². The van der Waals surface area contributed by atoms with E-state index >= 15 is 0 Å². The number of aryl methyl sites for hydroxylation is 1. The molecule has 2 N–H and O–H groups in total. The van der Waals surface area contributed by atoms with Crippen LogP contribution in [0, 0.1) is 6.92 Å². The Bertz CT molecular complexity index is 515. The van der Waals surface area contributed by atoms with Gasteiger partial charge in [0.2, 0.25) is 0 Å². The second kappa shape index (κ2) is 5.72. The summed E-state index contributed by atoms with van der Waals surface area (Å²) in [5, 5.41) is 2.51. The van der Waals surface area contributed by atoms with E-state index in [0.29, 0.717) is 0 Å². The SMILES string of the molecule is Cc1nc2ccccn2c1CC1CCCC[NH2+]1.[Cl-]. The fraction of sp³-hybridized carbons (Fsp3) is 0.500. The van der Waals surface area contributed by atoms with Crippen LogP contribution in [0.1, 0.15) is 30.7 Å². The van der Waals surface area contributed by atoms with Gasteiger partial charge in [-0.1, -0.05) is 6.07 Å². The van der Waals surface area contributed by atoms with Crippen molar-refractivity contribution < 1.29 is 17.7 Å². The average molecular weight is 266 g/mol. The maximum Gasteiger partial charge on any atom is 0.137 e. The minimum absolute atomic E-state index is 0. The molecular weight excluding hydrogens is 246 g/mol. The number of imidazole rings is 1. The molecule has 18 heavy (non-hydrogen) atoms. The fourth-order valence-electron chi connectivity index (χ4n) is 2.87. The lowest BCUT2D eigenvalue weighted by molar-refractivity contribution is -0.697. The van der Waals surface area contributed by atoms with Crippen molar-refractivity contribution >= 4 is 5.65 Å². The van der Waals surface area contributed by atoms with Crippen LogP contribution in [-0.4, -0.2) is 22.0 Å². The zero-order valence-electron chi connectivity index (χ0n) is 10.8. The van der Waals surface area contributed by atoms with Crippen molar-refractivity contribution in [1.29, 1.82) is 0 Å². The van der Waals surface area contributed by atoms with Crippen LogP contribution in [0.4, 0.5) is 0 Å². The summed E-state index contributed by atoms with van der Waals surface area (Å²) < 4.78 is 2.25. The topological polar surface area (TPSA) is 33.9 Å². The third-order valence-corrected chi connectivity index (χ3v) is 3.81. The predicted molar refractivity (Wildman–Crippen MR) is 68.1 cm³/mol. The molecule has 1 fully saturated rings. The molecule has 0 saturated carbocycles. The number of nitrogens with zero attached hydrogens (tertiary/aromatic N) is 2. The monoisotopic (exact) mass is 265 g/mol. The molecule has 0 amide bonds. The quantitative estimate of drug-likeness (QED) is 0.691. The van der Waals surface area contributed by atoms with Gasteiger partial charge in [-0.15, -0.1) is 0 Å². The third-order valence-electron chi connectivity index (χ3n) is 3.81. The van der Waals surface area contributed by atoms with Crippen LogP contribution < -0.4 is 17.7 Å². The van der Waals surface area contributed by atoms with Crippen LogP contribution in [0.15, 0.2) is 24.4 Å². The molecule has 0 aliphatic carbocycles. The number of hydrogen-bond donors (Lipinski definition) is 1. The number of rotatable bonds is 2. The van der Waals surface area contributed by atoms with Crippen molar-refractivity contribution in [1.82, 2.24) is 9.38 Å². The molecule has 3 rings (SSSR count). The van der Waals surface area contributed by atoms with Crippen LogP contribution in [0.3, 0.4) is 0 Å². The van der Waals surface area contributed by atoms with Gasteiger partial charge in [-0.05, 0) is 38.3 Å². The van der Waals surface area contributed by atoms with Crippen molar-refractivity contribution in [2.24, 2.45) is 0 Å². The Labute approximate surface area is 114 Å². The Morgan fingerprint density at radius 2 is 2.28 bits per heavy atom. The average Bonchev–Trinajstić information content (AvgIpc) is 2.68. The molecule has 2 aromatic rings. The third kappa shape index (κ3) is 2.52. The van der Waals surface area contributed by atoms with E-state index in [1.807, 2.05) is 0 Å². The number of piperidine rings is 1. The second-order valence-corrected chi connectivity index (χ2v) is 5.06. The van der Waals surface area contributed by atoms with Gasteiger partial charge in [0.15, 0.2) is 0 Å². The molecule has 1 aliphatic rings. The Morgan fingerprint density at radius 1 is 1.39 bits per heavy atom. The normalized spacial score (nSPS) is 19.7. The summed E-state index contributed by atoms with van der Waals surface area (Å²) in [4.78, 5) is 4.63. The molecule has 0 radical (unpaired) electrons. The summed E-state index contributed by atoms with van der Waals surface area (Å²) in [7, 11) is 0. The number of nitrogens with two attached hydrogens (primary N) is 1. The minimum atomic E-state index is 0. The van der Waals surface area contributed by atoms with Crippen molar-refractivity contribution in [3.05, 3.63) is 35.8 Å². The summed E-state index contributed by atoms with van der Waals surface area (Å²) in [5.74, 6) is 0. The molecule has 98 valence electrons. The van der Waals surface area contributed by atoms with Gasteiger partial charge in [-0.2, -0.15) is 0 Å². The van der Waals surface area contributed by atoms with Gasteiger partial charge in [-0.25, -0.2) is 4.98 Å². The lowest BCUT2D eigenvalue weighted by atomic mass is 10.00. The second-order valence-electron chi connectivity index (χ2n) is 5.06. The minimum Gasteiger partial charge on any atom is -1.00 e. The van der Waals surface area contributed by atoms with Crippen molar-refractivity contribution in [2.45, 2.75) is 38.6 Å². The lowest BCUT2D eigenvalue weighted by Crippen LogP contribution is -3.00. The first-order chi connectivity index (χ1) is 8.34. The summed E-state index contributed by atoms with van der Waals surface area (Å²) >= 11 is 0. The lowest BCUT2D eigenvalue weighted by Gasteiger charge is -2.20. The van der Waals surface area contributed by atoms with E-state index in [2.05, 4.69) is 46.0 Å². The highest BCUT2D eigenvalue weighted by Crippen LogP contribution is 2.15. The first kappa shape index (κ1) is 13.4. The molecule has 0 spiro atoms. The molecule has 1 unspecified atom stereocenters. The summed E-state index contributed by atoms with van der Waals surface area (Å²) in [6.45, 7) is 3.42. The Balaban J connectivity index is 0.00000120. The van der Waals surface area contributed by atoms with Crippen LogP contribution in [0.5, 0.6) is 0 Å². The number of fused-ring (bicyclic) bond motifs is 1. The van der Waals surface area contributed by atoms with E-state index in [1.54, 1.807) is 0 Å². The largest absolute Gasteiger partial charge is 1.00 e. The maximum absolute atomic E-state index is 4.63. The smallest absolute Gasteiger partial charge is 0.137 e. The maximum atomic E-state index is 4.63. The molecule has 1 aliphatic heterocycles. The van der Waals surface area contributed by atoms with Gasteiger partial charge >= 0.3 is 0 Å². The van der Waals surface area contributed by atoms with Crippen LogP contribution in [0.25, 0.3) is 5.65 Å². The molecule has 3 nitrogen and oxygen atoms in total. The molecule has 2 aromatic heterocycles. The predicted octanol–water partition coefficient (Wildman–Crippen LogP) is -1.69. The van der Waals surface area contributed by atoms with Crippen molar-refractivity contribution in [2.75, 3.05) is 6.54 Å². The van der Waals surface area contributed by atoms with Gasteiger partial charge < -0.3 is 22.1 Å². The number of quaternary nitrogens is 1. The standard InChI is InChI=1S/C14H19N3.ClH/c1-11-13(10-12-6-2-4-8-15-12)17-9-5-3-7-14(17)16-11;/h3,5,7,9,12,15H,2,4,6,8,10H2,1H3;1H. The van der Waals surface area contributed by atoms with E-state index in [9.17, 15) is 0 Å². The molecule has 0 aromatic carbocycles. The number of halogens is 1. The highest BCUT2D eigenvalue weighted by Gasteiger charge is 2.20. The number of hydrogen-bond acceptors (Lipinski definition) is 1. The molecule has 1 atom stereocenters. The highest BCUT2D eigenvalue weighted by atomic mass is 35.5. The van der Waals surface area contributed by atoms with Crippen molar-refractivity contribution in [3.8, 4) is 0 Å². The summed E-state index contributed by atoms with van der Waals surface area (Å²) in [6, 6.07) is 6.98. The molecule has 4 heteroatoms. The number of aromatic nitrogens is 2. The molecule has 3 heterocycles. The van der Waals surface area contributed by atoms with E-state index < -0.39 is 0 Å². The highest BCUT2D eigenvalue weighted by molar-refractivity contribution is 5.42. The van der Waals surface area contributed by atoms with E-state index in [4.69, 9.17) is 0 Å². The zero-order chi connectivity index (χ0) is 11.7. The van der Waals surface area contributed by atoms with Crippen LogP contribution in [-0.2, 0) is 6.42 Å². The zero-order valence-corrected chi connectivity index (χ0v) is 11.5.